The summed E-state index contributed by atoms with van der Waals surface area (Å²) in [6.07, 6.45) is 18.0. The molecule has 0 amide bonds. The molecule has 1 heterocycles. The van der Waals surface area contributed by atoms with Crippen molar-refractivity contribution in [1.82, 2.24) is 9.78 Å². The molecule has 4 aliphatic rings. The average Bonchev–Trinajstić information content (AvgIpc) is 3.25. The molecule has 0 aromatic carbocycles. The Kier molecular flexibility index (Phi) is 4.37. The van der Waals surface area contributed by atoms with Crippen molar-refractivity contribution < 1.29 is 4.79 Å². The Labute approximate surface area is 170 Å². The largest absolute Gasteiger partial charge is 0.294 e. The predicted octanol–water partition coefficient (Wildman–Crippen LogP) is 5.90. The van der Waals surface area contributed by atoms with Crippen LogP contribution in [0.2, 0.25) is 0 Å². The monoisotopic (exact) mass is 380 g/mol. The molecule has 6 unspecified atom stereocenters. The van der Waals surface area contributed by atoms with Crippen LogP contribution in [0.4, 0.5) is 0 Å². The van der Waals surface area contributed by atoms with Crippen molar-refractivity contribution in [3.8, 4) is 0 Å². The molecule has 4 saturated carbocycles. The third-order valence-corrected chi connectivity index (χ3v) is 9.54. The first-order chi connectivity index (χ1) is 13.5. The van der Waals surface area contributed by atoms with Crippen LogP contribution in [0.25, 0.3) is 6.08 Å². The summed E-state index contributed by atoms with van der Waals surface area (Å²) >= 11 is 0. The maximum Gasteiger partial charge on any atom is 0.165 e. The van der Waals surface area contributed by atoms with E-state index in [9.17, 15) is 4.79 Å². The van der Waals surface area contributed by atoms with Crippen molar-refractivity contribution in [2.24, 2.45) is 34.5 Å². The second-order valence-electron chi connectivity index (χ2n) is 10.7. The minimum absolute atomic E-state index is 0.119. The van der Waals surface area contributed by atoms with Gasteiger partial charge in [0.25, 0.3) is 0 Å². The van der Waals surface area contributed by atoms with Gasteiger partial charge in [0.1, 0.15) is 0 Å². The zero-order valence-electron chi connectivity index (χ0n) is 17.9. The number of ketones is 1. The van der Waals surface area contributed by atoms with Crippen LogP contribution in [0.5, 0.6) is 0 Å². The van der Waals surface area contributed by atoms with Crippen LogP contribution in [-0.2, 0) is 11.3 Å². The van der Waals surface area contributed by atoms with E-state index in [2.05, 4.69) is 38.1 Å². The van der Waals surface area contributed by atoms with E-state index < -0.39 is 0 Å². The van der Waals surface area contributed by atoms with Crippen LogP contribution < -0.4 is 0 Å². The Morgan fingerprint density at radius 1 is 1.14 bits per heavy atom. The summed E-state index contributed by atoms with van der Waals surface area (Å²) in [7, 11) is 0. The molecule has 28 heavy (non-hydrogen) atoms. The number of allylic oxidation sites excluding steroid dienone is 1. The van der Waals surface area contributed by atoms with Crippen LogP contribution in [0.15, 0.2) is 18.0 Å². The quantitative estimate of drug-likeness (QED) is 0.599. The molecule has 1 aromatic rings. The number of Topliss-reactive ketones (excluding diaryl/α,β-unsaturated/α-hetero) is 1. The molecule has 4 fully saturated rings. The first kappa shape index (κ1) is 18.6. The van der Waals surface area contributed by atoms with Gasteiger partial charge in [-0.15, -0.1) is 0 Å². The van der Waals surface area contributed by atoms with E-state index in [1.54, 1.807) is 0 Å². The van der Waals surface area contributed by atoms with E-state index in [1.165, 1.54) is 44.9 Å². The van der Waals surface area contributed by atoms with Crippen molar-refractivity contribution in [2.75, 3.05) is 0 Å². The summed E-state index contributed by atoms with van der Waals surface area (Å²) in [6.45, 7) is 7.88. The van der Waals surface area contributed by atoms with Gasteiger partial charge in [0.05, 0.1) is 6.20 Å². The highest BCUT2D eigenvalue weighted by Gasteiger charge is 2.60. The zero-order valence-corrected chi connectivity index (χ0v) is 17.9. The molecule has 5 rings (SSSR count). The van der Waals surface area contributed by atoms with Crippen molar-refractivity contribution in [3.05, 3.63) is 23.5 Å². The molecular formula is C25H36N2O. The van der Waals surface area contributed by atoms with Crippen LogP contribution >= 0.6 is 0 Å². The normalized spacial score (nSPS) is 44.2. The third-order valence-electron chi connectivity index (χ3n) is 9.54. The van der Waals surface area contributed by atoms with Gasteiger partial charge < -0.3 is 0 Å². The van der Waals surface area contributed by atoms with Crippen molar-refractivity contribution >= 4 is 11.9 Å². The number of carbonyl (C=O) groups excluding carboxylic acids is 1. The first-order valence-electron chi connectivity index (χ1n) is 11.7. The molecule has 3 nitrogen and oxygen atoms in total. The number of rotatable bonds is 2. The molecule has 0 saturated heterocycles. The van der Waals surface area contributed by atoms with Gasteiger partial charge in [-0.25, -0.2) is 0 Å². The second-order valence-corrected chi connectivity index (χ2v) is 10.7. The van der Waals surface area contributed by atoms with Crippen molar-refractivity contribution in [1.29, 1.82) is 0 Å². The van der Waals surface area contributed by atoms with E-state index in [1.807, 2.05) is 10.9 Å². The smallest absolute Gasteiger partial charge is 0.165 e. The molecule has 152 valence electrons. The van der Waals surface area contributed by atoms with Gasteiger partial charge in [-0.2, -0.15) is 5.10 Å². The Morgan fingerprint density at radius 3 is 2.79 bits per heavy atom. The molecule has 6 atom stereocenters. The molecule has 0 N–H and O–H groups in total. The average molecular weight is 381 g/mol. The fourth-order valence-electron chi connectivity index (χ4n) is 7.92. The summed E-state index contributed by atoms with van der Waals surface area (Å²) in [5.74, 6) is 3.55. The molecule has 3 heteroatoms. The fourth-order valence-corrected chi connectivity index (χ4v) is 7.92. The van der Waals surface area contributed by atoms with Crippen LogP contribution in [0.1, 0.15) is 84.1 Å². The SMILES string of the molecule is CCn1cc(C=C2CC3C4CCC5CCCCC5(C)C4CCC3(C)C2=O)cn1. The number of nitrogens with zero attached hydrogens (tertiary/aromatic N) is 2. The van der Waals surface area contributed by atoms with Crippen molar-refractivity contribution in [3.63, 3.8) is 0 Å². The summed E-state index contributed by atoms with van der Waals surface area (Å²) < 4.78 is 1.95. The van der Waals surface area contributed by atoms with Gasteiger partial charge in [-0.05, 0) is 92.6 Å². The predicted molar refractivity (Wildman–Crippen MR) is 113 cm³/mol. The van der Waals surface area contributed by atoms with Gasteiger partial charge in [-0.3, -0.25) is 9.48 Å². The topological polar surface area (TPSA) is 34.9 Å². The summed E-state index contributed by atoms with van der Waals surface area (Å²) in [5, 5.41) is 4.39. The Hall–Kier alpha value is -1.38. The van der Waals surface area contributed by atoms with E-state index in [0.29, 0.717) is 17.1 Å². The van der Waals surface area contributed by atoms with Crippen LogP contribution in [0.3, 0.4) is 0 Å². The van der Waals surface area contributed by atoms with Gasteiger partial charge in [0.2, 0.25) is 0 Å². The van der Waals surface area contributed by atoms with E-state index in [0.717, 1.165) is 48.3 Å². The minimum Gasteiger partial charge on any atom is -0.294 e. The highest BCUT2D eigenvalue weighted by Crippen LogP contribution is 2.66. The minimum atomic E-state index is -0.119. The molecule has 4 aliphatic carbocycles. The molecule has 0 spiro atoms. The molecule has 1 aromatic heterocycles. The van der Waals surface area contributed by atoms with Gasteiger partial charge in [0, 0.05) is 23.7 Å². The fraction of sp³-hybridized carbons (Fsp3) is 0.760. The lowest BCUT2D eigenvalue weighted by Gasteiger charge is -2.59. The standard InChI is InChI=1S/C25H36N2O/c1-4-27-16-17(15-26-27)13-18-14-22-20-9-8-19-7-5-6-11-24(19,2)21(20)10-12-25(22,3)23(18)28/h13,15-16,19-22H,4-12,14H2,1-3H3. The number of hydrogen-bond donors (Lipinski definition) is 0. The number of aryl methyl sites for hydroxylation is 1. The number of aromatic nitrogens is 2. The van der Waals surface area contributed by atoms with Crippen molar-refractivity contribution in [2.45, 2.75) is 85.1 Å². The number of fused-ring (bicyclic) bond motifs is 5. The maximum atomic E-state index is 13.5. The lowest BCUT2D eigenvalue weighted by Crippen LogP contribution is -2.52. The van der Waals surface area contributed by atoms with Gasteiger partial charge in [0.15, 0.2) is 5.78 Å². The lowest BCUT2D eigenvalue weighted by atomic mass is 9.45. The van der Waals surface area contributed by atoms with Crippen LogP contribution in [0, 0.1) is 34.5 Å². The first-order valence-corrected chi connectivity index (χ1v) is 11.7. The molecule has 0 bridgehead atoms. The van der Waals surface area contributed by atoms with Gasteiger partial charge >= 0.3 is 0 Å². The molecular weight excluding hydrogens is 344 g/mol. The number of carbonyl (C=O) groups is 1. The van der Waals surface area contributed by atoms with E-state index in [4.69, 9.17) is 0 Å². The van der Waals surface area contributed by atoms with Gasteiger partial charge in [-0.1, -0.05) is 26.7 Å². The second kappa shape index (κ2) is 6.57. The summed E-state index contributed by atoms with van der Waals surface area (Å²) in [4.78, 5) is 13.5. The summed E-state index contributed by atoms with van der Waals surface area (Å²) in [6, 6.07) is 0. The Balaban J connectivity index is 1.45. The number of hydrogen-bond acceptors (Lipinski definition) is 2. The molecule has 0 radical (unpaired) electrons. The zero-order chi connectivity index (χ0) is 19.5. The Morgan fingerprint density at radius 2 is 2.00 bits per heavy atom. The lowest BCUT2D eigenvalue weighted by molar-refractivity contribution is -0.137. The Bertz CT molecular complexity index is 807. The highest BCUT2D eigenvalue weighted by molar-refractivity contribution is 6.05. The van der Waals surface area contributed by atoms with Crippen LogP contribution in [-0.4, -0.2) is 15.6 Å². The third kappa shape index (κ3) is 2.60. The van der Waals surface area contributed by atoms with E-state index in [-0.39, 0.29) is 5.41 Å². The summed E-state index contributed by atoms with van der Waals surface area (Å²) in [5.41, 5.74) is 2.58. The highest BCUT2D eigenvalue weighted by atomic mass is 16.1. The molecule has 0 aliphatic heterocycles. The maximum absolute atomic E-state index is 13.5. The van der Waals surface area contributed by atoms with E-state index >= 15 is 0 Å².